The van der Waals surface area contributed by atoms with Crippen LogP contribution < -0.4 is 0 Å². The molecule has 158 valence electrons. The molecule has 0 unspecified atom stereocenters. The Labute approximate surface area is 178 Å². The molecule has 1 amide bonds. The third-order valence-electron chi connectivity index (χ3n) is 6.07. The molecule has 0 atom stereocenters. The van der Waals surface area contributed by atoms with Crippen LogP contribution in [0.4, 0.5) is 0 Å². The first-order chi connectivity index (χ1) is 14.5. The summed E-state index contributed by atoms with van der Waals surface area (Å²) in [6.07, 6.45) is 2.26. The monoisotopic (exact) mass is 405 g/mol. The molecule has 1 aliphatic rings. The van der Waals surface area contributed by atoms with Gasteiger partial charge in [-0.25, -0.2) is 9.50 Å². The van der Waals surface area contributed by atoms with E-state index < -0.39 is 0 Å². The minimum Gasteiger partial charge on any atom is -0.341 e. The van der Waals surface area contributed by atoms with Crippen molar-refractivity contribution in [3.8, 4) is 0 Å². The average molecular weight is 406 g/mol. The van der Waals surface area contributed by atoms with Gasteiger partial charge in [-0.15, -0.1) is 0 Å². The second-order valence-corrected chi connectivity index (χ2v) is 8.31. The van der Waals surface area contributed by atoms with Gasteiger partial charge < -0.3 is 4.90 Å². The Hall–Kier alpha value is -2.73. The van der Waals surface area contributed by atoms with Gasteiger partial charge in [-0.3, -0.25) is 9.69 Å². The number of fused-ring (bicyclic) bond motifs is 1. The number of carbonyl (C=O) groups excluding carboxylic acids is 1. The summed E-state index contributed by atoms with van der Waals surface area (Å²) in [6.45, 7) is 10.7. The van der Waals surface area contributed by atoms with Crippen molar-refractivity contribution in [1.29, 1.82) is 0 Å². The van der Waals surface area contributed by atoms with Gasteiger partial charge in [0.05, 0.1) is 5.69 Å². The van der Waals surface area contributed by atoms with E-state index in [9.17, 15) is 4.79 Å². The highest BCUT2D eigenvalue weighted by Crippen LogP contribution is 2.18. The van der Waals surface area contributed by atoms with Gasteiger partial charge >= 0.3 is 0 Å². The minimum absolute atomic E-state index is 0.243. The molecule has 1 saturated heterocycles. The average Bonchev–Trinajstić information content (AvgIpc) is 2.95. The number of hydrogen-bond donors (Lipinski definition) is 0. The van der Waals surface area contributed by atoms with Crippen molar-refractivity contribution in [2.45, 2.75) is 46.6 Å². The van der Waals surface area contributed by atoms with E-state index in [2.05, 4.69) is 52.2 Å². The van der Waals surface area contributed by atoms with Crippen LogP contribution in [0, 0.1) is 20.8 Å². The quantitative estimate of drug-likeness (QED) is 0.653. The number of aryl methyl sites for hydroxylation is 3. The maximum Gasteiger partial charge on any atom is 0.222 e. The first-order valence-corrected chi connectivity index (χ1v) is 10.9. The number of benzene rings is 1. The Bertz CT molecular complexity index is 1030. The van der Waals surface area contributed by atoms with Crippen LogP contribution in [0.2, 0.25) is 0 Å². The van der Waals surface area contributed by atoms with Gasteiger partial charge in [0.15, 0.2) is 5.65 Å². The van der Waals surface area contributed by atoms with Crippen LogP contribution in [-0.2, 0) is 17.8 Å². The number of amides is 1. The molecule has 1 aromatic carbocycles. The summed E-state index contributed by atoms with van der Waals surface area (Å²) in [7, 11) is 0. The zero-order valence-electron chi connectivity index (χ0n) is 18.3. The first kappa shape index (κ1) is 20.5. The van der Waals surface area contributed by atoms with Crippen LogP contribution >= 0.6 is 0 Å². The van der Waals surface area contributed by atoms with Gasteiger partial charge in [0, 0.05) is 56.6 Å². The molecule has 0 N–H and O–H groups in total. The lowest BCUT2D eigenvalue weighted by Gasteiger charge is -2.22. The Morgan fingerprint density at radius 3 is 2.63 bits per heavy atom. The fourth-order valence-electron chi connectivity index (χ4n) is 4.41. The van der Waals surface area contributed by atoms with Crippen molar-refractivity contribution >= 4 is 11.6 Å². The summed E-state index contributed by atoms with van der Waals surface area (Å²) in [5.41, 5.74) is 6.40. The normalized spacial score (nSPS) is 15.5. The Balaban J connectivity index is 1.36. The van der Waals surface area contributed by atoms with E-state index in [0.717, 1.165) is 67.4 Å². The minimum atomic E-state index is 0.243. The highest BCUT2D eigenvalue weighted by Gasteiger charge is 2.20. The number of hydrogen-bond acceptors (Lipinski definition) is 4. The van der Waals surface area contributed by atoms with Crippen LogP contribution in [0.3, 0.4) is 0 Å². The standard InChI is InChI=1S/C24H31N5O/c1-18-16-23-25-19(2)22(20(3)29(23)26-18)10-11-24(30)28-13-7-12-27(14-15-28)17-21-8-5-4-6-9-21/h4-6,8-9,16H,7,10-15,17H2,1-3H3. The largest absolute Gasteiger partial charge is 0.341 e. The molecule has 6 heteroatoms. The molecule has 0 spiro atoms. The zero-order chi connectivity index (χ0) is 21.1. The van der Waals surface area contributed by atoms with Crippen molar-refractivity contribution < 1.29 is 4.79 Å². The molecule has 3 aromatic rings. The fourth-order valence-corrected chi connectivity index (χ4v) is 4.41. The van der Waals surface area contributed by atoms with Gasteiger partial charge in [0.2, 0.25) is 5.91 Å². The molecule has 3 heterocycles. The molecular formula is C24H31N5O. The Morgan fingerprint density at radius 1 is 1.03 bits per heavy atom. The van der Waals surface area contributed by atoms with E-state index >= 15 is 0 Å². The predicted molar refractivity (Wildman–Crippen MR) is 118 cm³/mol. The lowest BCUT2D eigenvalue weighted by atomic mass is 10.1. The summed E-state index contributed by atoms with van der Waals surface area (Å²) in [5.74, 6) is 0.243. The third-order valence-corrected chi connectivity index (χ3v) is 6.07. The van der Waals surface area contributed by atoms with Gasteiger partial charge in [-0.05, 0) is 44.7 Å². The summed E-state index contributed by atoms with van der Waals surface area (Å²) in [4.78, 5) is 22.1. The second kappa shape index (κ2) is 8.96. The molecule has 1 aliphatic heterocycles. The highest BCUT2D eigenvalue weighted by atomic mass is 16.2. The Kier molecular flexibility index (Phi) is 6.13. The molecule has 0 radical (unpaired) electrons. The van der Waals surface area contributed by atoms with Gasteiger partial charge in [0.1, 0.15) is 0 Å². The molecule has 0 aliphatic carbocycles. The second-order valence-electron chi connectivity index (χ2n) is 8.31. The lowest BCUT2D eigenvalue weighted by molar-refractivity contribution is -0.131. The van der Waals surface area contributed by atoms with Crippen LogP contribution in [0.15, 0.2) is 36.4 Å². The van der Waals surface area contributed by atoms with Crippen LogP contribution in [-0.4, -0.2) is 56.5 Å². The van der Waals surface area contributed by atoms with E-state index in [1.807, 2.05) is 29.3 Å². The van der Waals surface area contributed by atoms with E-state index in [4.69, 9.17) is 0 Å². The van der Waals surface area contributed by atoms with E-state index in [1.165, 1.54) is 5.56 Å². The molecule has 2 aromatic heterocycles. The zero-order valence-corrected chi connectivity index (χ0v) is 18.3. The van der Waals surface area contributed by atoms with Crippen molar-refractivity contribution in [3.05, 3.63) is 64.6 Å². The van der Waals surface area contributed by atoms with Crippen molar-refractivity contribution in [2.24, 2.45) is 0 Å². The number of aromatic nitrogens is 3. The number of rotatable bonds is 5. The summed E-state index contributed by atoms with van der Waals surface area (Å²) in [6, 6.07) is 12.6. The molecule has 4 rings (SSSR count). The van der Waals surface area contributed by atoms with Crippen LogP contribution in [0.5, 0.6) is 0 Å². The summed E-state index contributed by atoms with van der Waals surface area (Å²) >= 11 is 0. The molecular weight excluding hydrogens is 374 g/mol. The Morgan fingerprint density at radius 2 is 1.83 bits per heavy atom. The van der Waals surface area contributed by atoms with E-state index in [-0.39, 0.29) is 5.91 Å². The summed E-state index contributed by atoms with van der Waals surface area (Å²) in [5, 5.41) is 4.54. The molecule has 0 saturated carbocycles. The van der Waals surface area contributed by atoms with E-state index in [1.54, 1.807) is 0 Å². The first-order valence-electron chi connectivity index (χ1n) is 10.9. The van der Waals surface area contributed by atoms with Gasteiger partial charge in [-0.2, -0.15) is 5.10 Å². The van der Waals surface area contributed by atoms with Crippen LogP contribution in [0.1, 0.15) is 41.1 Å². The molecule has 6 nitrogen and oxygen atoms in total. The predicted octanol–water partition coefficient (Wildman–Crippen LogP) is 3.32. The number of nitrogens with zero attached hydrogens (tertiary/aromatic N) is 5. The molecule has 1 fully saturated rings. The fraction of sp³-hybridized carbons (Fsp3) is 0.458. The smallest absolute Gasteiger partial charge is 0.222 e. The van der Waals surface area contributed by atoms with Crippen molar-refractivity contribution in [3.63, 3.8) is 0 Å². The van der Waals surface area contributed by atoms with Crippen molar-refractivity contribution in [1.82, 2.24) is 24.4 Å². The lowest BCUT2D eigenvalue weighted by Crippen LogP contribution is -2.35. The van der Waals surface area contributed by atoms with Gasteiger partial charge in [0.25, 0.3) is 0 Å². The SMILES string of the molecule is Cc1cc2nc(C)c(CCC(=O)N3CCCN(Cc4ccccc4)CC3)c(C)n2n1. The topological polar surface area (TPSA) is 53.7 Å². The van der Waals surface area contributed by atoms with E-state index in [0.29, 0.717) is 12.8 Å². The molecule has 30 heavy (non-hydrogen) atoms. The highest BCUT2D eigenvalue weighted by molar-refractivity contribution is 5.76. The maximum absolute atomic E-state index is 12.9. The summed E-state index contributed by atoms with van der Waals surface area (Å²) < 4.78 is 1.90. The maximum atomic E-state index is 12.9. The van der Waals surface area contributed by atoms with Gasteiger partial charge in [-0.1, -0.05) is 30.3 Å². The third kappa shape index (κ3) is 4.54. The number of carbonyl (C=O) groups is 1. The van der Waals surface area contributed by atoms with Crippen molar-refractivity contribution in [2.75, 3.05) is 26.2 Å². The van der Waals surface area contributed by atoms with Crippen LogP contribution in [0.25, 0.3) is 5.65 Å². The molecule has 0 bridgehead atoms.